The normalized spacial score (nSPS) is 11.9. The first-order valence-electron chi connectivity index (χ1n) is 13.5. The molecule has 0 saturated heterocycles. The number of hydrogen-bond donors (Lipinski definition) is 1. The Morgan fingerprint density at radius 1 is 0.878 bits per heavy atom. The predicted molar refractivity (Wildman–Crippen MR) is 160 cm³/mol. The van der Waals surface area contributed by atoms with Crippen LogP contribution in [0.2, 0.25) is 0 Å². The summed E-state index contributed by atoms with van der Waals surface area (Å²) in [6.45, 7) is 7.45. The molecule has 1 atom stereocenters. The van der Waals surface area contributed by atoms with E-state index >= 15 is 0 Å². The Kier molecular flexibility index (Phi) is 10.8. The number of likely N-dealkylation sites (N-methyl/N-ethyl adjacent to an activating group) is 1. The van der Waals surface area contributed by atoms with E-state index in [9.17, 15) is 18.0 Å². The molecule has 3 rings (SSSR count). The summed E-state index contributed by atoms with van der Waals surface area (Å²) in [6.07, 6.45) is 0.352. The first kappa shape index (κ1) is 31.5. The minimum absolute atomic E-state index is 0.0340. The molecule has 0 bridgehead atoms. The second-order valence-corrected chi connectivity index (χ2v) is 11.6. The summed E-state index contributed by atoms with van der Waals surface area (Å²) < 4.78 is 39.9. The lowest BCUT2D eigenvalue weighted by Crippen LogP contribution is -2.52. The highest BCUT2D eigenvalue weighted by atomic mass is 32.2. The molecule has 0 fully saturated rings. The van der Waals surface area contributed by atoms with E-state index in [0.717, 1.165) is 21.0 Å². The van der Waals surface area contributed by atoms with Crippen molar-refractivity contribution in [2.24, 2.45) is 0 Å². The van der Waals surface area contributed by atoms with Crippen LogP contribution in [0.5, 0.6) is 11.5 Å². The summed E-state index contributed by atoms with van der Waals surface area (Å²) in [7, 11) is -1.26. The maximum Gasteiger partial charge on any atom is 0.264 e. The lowest BCUT2D eigenvalue weighted by atomic mass is 10.1. The van der Waals surface area contributed by atoms with Crippen molar-refractivity contribution in [1.29, 1.82) is 0 Å². The molecule has 0 saturated carbocycles. The molecule has 1 N–H and O–H groups in total. The van der Waals surface area contributed by atoms with Gasteiger partial charge in [-0.2, -0.15) is 0 Å². The topological polar surface area (TPSA) is 105 Å². The van der Waals surface area contributed by atoms with E-state index in [4.69, 9.17) is 9.47 Å². The predicted octanol–water partition coefficient (Wildman–Crippen LogP) is 4.46. The van der Waals surface area contributed by atoms with Crippen molar-refractivity contribution in [3.8, 4) is 11.5 Å². The second kappa shape index (κ2) is 14.0. The smallest absolute Gasteiger partial charge is 0.264 e. The molecule has 2 amide bonds. The molecule has 9 nitrogen and oxygen atoms in total. The highest BCUT2D eigenvalue weighted by Gasteiger charge is 2.34. The highest BCUT2D eigenvalue weighted by Crippen LogP contribution is 2.34. The number of hydrogen-bond acceptors (Lipinski definition) is 6. The van der Waals surface area contributed by atoms with E-state index in [1.165, 1.54) is 37.3 Å². The standard InChI is InChI=1S/C31H39N3O6S/c1-7-27(31(36)32-8-2)33(20-24-11-9-10-23(4)18-24)30(35)21-34(25-14-17-28(39-5)29(19-25)40-6)41(37,38)26-15-12-22(3)13-16-26/h9-19,27H,7-8,20-21H2,1-6H3,(H,32,36)/t27-/m0/s1. The van der Waals surface area contributed by atoms with Crippen molar-refractivity contribution in [3.63, 3.8) is 0 Å². The lowest BCUT2D eigenvalue weighted by Gasteiger charge is -2.33. The molecule has 10 heteroatoms. The van der Waals surface area contributed by atoms with Crippen LogP contribution >= 0.6 is 0 Å². The first-order valence-corrected chi connectivity index (χ1v) is 14.9. The van der Waals surface area contributed by atoms with Crippen LogP contribution in [-0.4, -0.2) is 58.5 Å². The molecule has 41 heavy (non-hydrogen) atoms. The summed E-state index contributed by atoms with van der Waals surface area (Å²) in [5, 5.41) is 2.81. The molecule has 3 aromatic carbocycles. The highest BCUT2D eigenvalue weighted by molar-refractivity contribution is 7.92. The number of amides is 2. The van der Waals surface area contributed by atoms with Gasteiger partial charge in [-0.15, -0.1) is 0 Å². The fourth-order valence-electron chi connectivity index (χ4n) is 4.56. The number of rotatable bonds is 13. The Morgan fingerprint density at radius 2 is 1.56 bits per heavy atom. The van der Waals surface area contributed by atoms with Crippen LogP contribution in [0.3, 0.4) is 0 Å². The summed E-state index contributed by atoms with van der Waals surface area (Å²) in [4.78, 5) is 28.7. The third-order valence-corrected chi connectivity index (χ3v) is 8.50. The second-order valence-electron chi connectivity index (χ2n) is 9.69. The van der Waals surface area contributed by atoms with Gasteiger partial charge in [0, 0.05) is 19.2 Å². The quantitative estimate of drug-likeness (QED) is 0.320. The van der Waals surface area contributed by atoms with Crippen molar-refractivity contribution in [2.75, 3.05) is 31.6 Å². The number of nitrogens with one attached hydrogen (secondary N) is 1. The molecular weight excluding hydrogens is 542 g/mol. The monoisotopic (exact) mass is 581 g/mol. The number of carbonyl (C=O) groups is 2. The van der Waals surface area contributed by atoms with Gasteiger partial charge in [-0.1, -0.05) is 54.4 Å². The van der Waals surface area contributed by atoms with Gasteiger partial charge in [-0.05, 0) is 57.0 Å². The number of ether oxygens (including phenoxy) is 2. The number of methoxy groups -OCH3 is 2. The molecule has 0 heterocycles. The largest absolute Gasteiger partial charge is 0.493 e. The molecule has 0 radical (unpaired) electrons. The number of anilines is 1. The Labute approximate surface area is 243 Å². The SMILES string of the molecule is CCNC(=O)[C@H](CC)N(Cc1cccc(C)c1)C(=O)CN(c1ccc(OC)c(OC)c1)S(=O)(=O)c1ccc(C)cc1. The molecule has 0 aliphatic rings. The van der Waals surface area contributed by atoms with Crippen molar-refractivity contribution in [2.45, 2.75) is 51.6 Å². The molecule has 0 spiro atoms. The van der Waals surface area contributed by atoms with Crippen LogP contribution in [0.4, 0.5) is 5.69 Å². The molecule has 3 aromatic rings. The van der Waals surface area contributed by atoms with Crippen LogP contribution in [0.15, 0.2) is 71.6 Å². The molecule has 0 aliphatic heterocycles. The van der Waals surface area contributed by atoms with Gasteiger partial charge in [0.05, 0.1) is 24.8 Å². The minimum Gasteiger partial charge on any atom is -0.493 e. The molecule has 220 valence electrons. The minimum atomic E-state index is -4.20. The van der Waals surface area contributed by atoms with E-state index in [1.807, 2.05) is 52.0 Å². The number of nitrogens with zero attached hydrogens (tertiary/aromatic N) is 2. The van der Waals surface area contributed by atoms with Crippen LogP contribution in [0.1, 0.15) is 37.0 Å². The van der Waals surface area contributed by atoms with Gasteiger partial charge in [0.15, 0.2) is 11.5 Å². The number of benzene rings is 3. The van der Waals surface area contributed by atoms with Crippen LogP contribution in [-0.2, 0) is 26.2 Å². The van der Waals surface area contributed by atoms with Gasteiger partial charge in [-0.3, -0.25) is 13.9 Å². The van der Waals surface area contributed by atoms with Crippen molar-refractivity contribution in [1.82, 2.24) is 10.2 Å². The van der Waals surface area contributed by atoms with Crippen molar-refractivity contribution >= 4 is 27.5 Å². The fourth-order valence-corrected chi connectivity index (χ4v) is 5.97. The molecule has 0 unspecified atom stereocenters. The van der Waals surface area contributed by atoms with Gasteiger partial charge >= 0.3 is 0 Å². The molecule has 0 aliphatic carbocycles. The van der Waals surface area contributed by atoms with Gasteiger partial charge < -0.3 is 19.7 Å². The molecular formula is C31H39N3O6S. The first-order chi connectivity index (χ1) is 19.5. The van der Waals surface area contributed by atoms with Gasteiger partial charge in [0.25, 0.3) is 10.0 Å². The maximum absolute atomic E-state index is 14.1. The summed E-state index contributed by atoms with van der Waals surface area (Å²) >= 11 is 0. The van der Waals surface area contributed by atoms with Crippen LogP contribution < -0.4 is 19.1 Å². The van der Waals surface area contributed by atoms with Crippen molar-refractivity contribution < 1.29 is 27.5 Å². The average molecular weight is 582 g/mol. The fraction of sp³-hybridized carbons (Fsp3) is 0.355. The summed E-state index contributed by atoms with van der Waals surface area (Å²) in [6, 6.07) is 18.0. The number of sulfonamides is 1. The van der Waals surface area contributed by atoms with Crippen LogP contribution in [0.25, 0.3) is 0 Å². The zero-order valence-electron chi connectivity index (χ0n) is 24.5. The van der Waals surface area contributed by atoms with Gasteiger partial charge in [0.2, 0.25) is 11.8 Å². The lowest BCUT2D eigenvalue weighted by molar-refractivity contribution is -0.140. The van der Waals surface area contributed by atoms with Crippen LogP contribution in [0, 0.1) is 13.8 Å². The Balaban J connectivity index is 2.12. The van der Waals surface area contributed by atoms with Crippen molar-refractivity contribution in [3.05, 3.63) is 83.4 Å². The van der Waals surface area contributed by atoms with E-state index in [1.54, 1.807) is 24.3 Å². The Bertz CT molecular complexity index is 1460. The van der Waals surface area contributed by atoms with E-state index in [0.29, 0.717) is 24.5 Å². The zero-order valence-corrected chi connectivity index (χ0v) is 25.3. The van der Waals surface area contributed by atoms with Gasteiger partial charge in [0.1, 0.15) is 12.6 Å². The van der Waals surface area contributed by atoms with Gasteiger partial charge in [-0.25, -0.2) is 8.42 Å². The third kappa shape index (κ3) is 7.58. The maximum atomic E-state index is 14.1. The van der Waals surface area contributed by atoms with E-state index in [-0.39, 0.29) is 23.0 Å². The third-order valence-electron chi connectivity index (χ3n) is 6.72. The van der Waals surface area contributed by atoms with E-state index < -0.39 is 28.5 Å². The Morgan fingerprint density at radius 3 is 2.15 bits per heavy atom. The average Bonchev–Trinajstić information content (AvgIpc) is 2.95. The van der Waals surface area contributed by atoms with E-state index in [2.05, 4.69) is 5.32 Å². The molecule has 0 aromatic heterocycles. The number of aryl methyl sites for hydroxylation is 2. The summed E-state index contributed by atoms with van der Waals surface area (Å²) in [5.74, 6) is -0.0873. The summed E-state index contributed by atoms with van der Waals surface area (Å²) in [5.41, 5.74) is 2.96. The number of carbonyl (C=O) groups excluding carboxylic acids is 2. The zero-order chi connectivity index (χ0) is 30.2. The Hall–Kier alpha value is -4.05.